The summed E-state index contributed by atoms with van der Waals surface area (Å²) in [5.74, 6) is -1.35. The number of piperazine rings is 3. The van der Waals surface area contributed by atoms with Gasteiger partial charge in [-0.3, -0.25) is 42.5 Å². The molecule has 27 heteroatoms. The summed E-state index contributed by atoms with van der Waals surface area (Å²) in [5, 5.41) is 3.94. The van der Waals surface area contributed by atoms with E-state index in [2.05, 4.69) is 48.1 Å². The number of pyridine rings is 3. The Balaban J connectivity index is 0.000000162. The maximum absolute atomic E-state index is 15.3. The predicted molar refractivity (Wildman–Crippen MR) is 512 cm³/mol. The van der Waals surface area contributed by atoms with Crippen molar-refractivity contribution in [1.29, 1.82) is 0 Å². The molecule has 0 bridgehead atoms. The van der Waals surface area contributed by atoms with Crippen LogP contribution in [0.2, 0.25) is 35.2 Å². The minimum Gasteiger partial charge on any atom is -0.373 e. The molecule has 6 heterocycles. The van der Waals surface area contributed by atoms with E-state index in [1.807, 2.05) is 148 Å². The molecule has 126 heavy (non-hydrogen) atoms. The molecule has 3 aliphatic heterocycles. The van der Waals surface area contributed by atoms with Crippen molar-refractivity contribution in [2.75, 3.05) is 73.6 Å². The first kappa shape index (κ1) is 91.7. The molecule has 0 N–H and O–H groups in total. The summed E-state index contributed by atoms with van der Waals surface area (Å²) >= 11 is 45.8. The van der Waals surface area contributed by atoms with E-state index in [1.165, 1.54) is 51.6 Å². The molecular formula is C99H87Cl7F2N12O6. The molecule has 3 saturated heterocycles. The van der Waals surface area contributed by atoms with Crippen LogP contribution in [0.15, 0.2) is 216 Å². The van der Waals surface area contributed by atoms with Crippen LogP contribution in [-0.4, -0.2) is 123 Å². The molecule has 642 valence electrons. The van der Waals surface area contributed by atoms with Crippen molar-refractivity contribution >= 4 is 166 Å². The maximum Gasteiger partial charge on any atom is 0.274 e. The average Bonchev–Trinajstić information content (AvgIpc) is 0.735. The van der Waals surface area contributed by atoms with Crippen LogP contribution >= 0.6 is 81.2 Å². The highest BCUT2D eigenvalue weighted by Crippen LogP contribution is 2.49. The highest BCUT2D eigenvalue weighted by atomic mass is 35.5. The summed E-state index contributed by atoms with van der Waals surface area (Å²) in [6, 6.07) is 46.8. The van der Waals surface area contributed by atoms with Gasteiger partial charge in [-0.1, -0.05) is 215 Å². The van der Waals surface area contributed by atoms with Gasteiger partial charge in [0.05, 0.1) is 75.4 Å². The summed E-state index contributed by atoms with van der Waals surface area (Å²) in [7, 11) is 0. The van der Waals surface area contributed by atoms with E-state index in [0.717, 1.165) is 16.7 Å². The van der Waals surface area contributed by atoms with Crippen molar-refractivity contribution in [2.45, 2.75) is 98.2 Å². The van der Waals surface area contributed by atoms with Crippen molar-refractivity contribution < 1.29 is 23.2 Å². The average molecular weight is 1830 g/mol. The van der Waals surface area contributed by atoms with Crippen molar-refractivity contribution in [2.24, 2.45) is 0 Å². The number of anilines is 3. The molecule has 9 aromatic carbocycles. The summed E-state index contributed by atoms with van der Waals surface area (Å²) in [6.45, 7) is 57.0. The molecule has 0 spiro atoms. The van der Waals surface area contributed by atoms with Gasteiger partial charge in [-0.15, -0.1) is 0 Å². The Morgan fingerprint density at radius 2 is 0.698 bits per heavy atom. The zero-order valence-electron chi connectivity index (χ0n) is 70.5. The fourth-order valence-electron chi connectivity index (χ4n) is 17.2. The van der Waals surface area contributed by atoms with E-state index in [4.69, 9.17) is 101 Å². The quantitative estimate of drug-likeness (QED) is 0.0722. The van der Waals surface area contributed by atoms with Gasteiger partial charge >= 0.3 is 0 Å². The van der Waals surface area contributed by atoms with Crippen molar-refractivity contribution in [3.8, 4) is 50.4 Å². The third kappa shape index (κ3) is 17.6. The van der Waals surface area contributed by atoms with Crippen molar-refractivity contribution in [3.63, 3.8) is 0 Å². The van der Waals surface area contributed by atoms with E-state index in [-0.39, 0.29) is 96.9 Å². The minimum absolute atomic E-state index is 0.00440. The van der Waals surface area contributed by atoms with E-state index < -0.39 is 28.3 Å². The second-order valence-corrected chi connectivity index (χ2v) is 34.9. The van der Waals surface area contributed by atoms with Gasteiger partial charge in [-0.05, 0) is 164 Å². The van der Waals surface area contributed by atoms with Crippen LogP contribution in [-0.2, 0) is 14.4 Å². The van der Waals surface area contributed by atoms with Crippen LogP contribution in [0.5, 0.6) is 0 Å². The van der Waals surface area contributed by atoms with Crippen molar-refractivity contribution in [3.05, 3.63) is 331 Å². The van der Waals surface area contributed by atoms with Crippen LogP contribution in [0, 0.1) is 31.4 Å². The fraction of sp³-hybridized carbons (Fsp3) is 0.242. The van der Waals surface area contributed by atoms with E-state index >= 15 is 8.78 Å². The van der Waals surface area contributed by atoms with Gasteiger partial charge in [-0.2, -0.15) is 0 Å². The number of para-hydroxylation sites is 3. The molecule has 12 aromatic rings. The molecule has 3 atom stereocenters. The van der Waals surface area contributed by atoms with Crippen LogP contribution in [0.25, 0.3) is 97.7 Å². The lowest BCUT2D eigenvalue weighted by Crippen LogP contribution is -2.53. The monoisotopic (exact) mass is 1820 g/mol. The molecule has 0 aliphatic carbocycles. The summed E-state index contributed by atoms with van der Waals surface area (Å²) in [6.07, 6.45) is 3.87. The Bertz CT molecular complexity index is 6580. The molecule has 18 nitrogen and oxygen atoms in total. The standard InChI is InChI=1S/C33H29Cl3N4O2.2C33H29Cl2FN4O2/c1-6-30(41)38-13-14-39(20(4)18-38)32-25-16-27(36)24(23-12-11-21(34)15-26(23)35)17-29(25)40(33(42)31(32)37-5)28-10-8-7-9-22(28)19(2)3;1-6-29(41)38-14-15-39(20(4)18-38)32-24-16-26(35)23(22-11-9-12-25(34)30(22)36)17-28(24)40(33(42)31(32)37-5)27-13-8-7-10-21(27)19(2)3;1-6-30(41)38-13-14-39(20(4)18-38)32-25-16-26(35)23(24-15-21(34)11-12-27(24)36)17-29(25)40(33(42)31(32)37-5)28-10-8-7-9-22(28)19(2)3/h6-12,15-17,19-20H,1,13-14,18H2,2-4H3;6-13,16-17,19-20H,1,14-15,18H2,2-4H3;6-12,15-17,19-20H,1,13-14,18H2,2-4H3/t3*20-/m000/s1. The number of halogens is 9. The molecule has 15 rings (SSSR count). The molecule has 3 aromatic heterocycles. The Labute approximate surface area is 764 Å². The number of hydrogen-bond donors (Lipinski definition) is 0. The van der Waals surface area contributed by atoms with Gasteiger partial charge in [0, 0.05) is 157 Å². The normalized spacial score (nSPS) is 15.2. The molecule has 3 amide bonds. The number of rotatable bonds is 15. The van der Waals surface area contributed by atoms with Crippen LogP contribution in [0.3, 0.4) is 0 Å². The zero-order chi connectivity index (χ0) is 90.9. The summed E-state index contributed by atoms with van der Waals surface area (Å²) in [4.78, 5) is 103. The van der Waals surface area contributed by atoms with E-state index in [0.29, 0.717) is 168 Å². The largest absolute Gasteiger partial charge is 0.373 e. The van der Waals surface area contributed by atoms with Crippen LogP contribution in [0.1, 0.15) is 96.8 Å². The number of carbonyl (C=O) groups is 3. The summed E-state index contributed by atoms with van der Waals surface area (Å²) < 4.78 is 35.1. The van der Waals surface area contributed by atoms with Gasteiger partial charge in [0.25, 0.3) is 33.7 Å². The molecule has 0 saturated carbocycles. The van der Waals surface area contributed by atoms with E-state index in [9.17, 15) is 28.8 Å². The topological polar surface area (TPSA) is 150 Å². The van der Waals surface area contributed by atoms with Gasteiger partial charge in [0.2, 0.25) is 17.7 Å². The zero-order valence-corrected chi connectivity index (χ0v) is 75.8. The first-order valence-corrected chi connectivity index (χ1v) is 43.4. The first-order valence-electron chi connectivity index (χ1n) is 40.8. The highest BCUT2D eigenvalue weighted by molar-refractivity contribution is 6.39. The number of hydrogen-bond acceptors (Lipinski definition) is 9. The first-order chi connectivity index (χ1) is 60.2. The fourth-order valence-corrected chi connectivity index (χ4v) is 18.8. The molecule has 3 aliphatic rings. The van der Waals surface area contributed by atoms with Crippen molar-refractivity contribution in [1.82, 2.24) is 28.4 Å². The highest BCUT2D eigenvalue weighted by Gasteiger charge is 2.37. The second kappa shape index (κ2) is 38.5. The van der Waals surface area contributed by atoms with Gasteiger partial charge in [-0.25, -0.2) is 23.3 Å². The smallest absolute Gasteiger partial charge is 0.274 e. The number of amides is 3. The van der Waals surface area contributed by atoms with Gasteiger partial charge in [0.15, 0.2) is 0 Å². The second-order valence-electron chi connectivity index (χ2n) is 32.0. The minimum atomic E-state index is -0.619. The molecule has 0 radical (unpaired) electrons. The van der Waals surface area contributed by atoms with E-state index in [1.54, 1.807) is 73.9 Å². The number of fused-ring (bicyclic) bond motifs is 3. The third-order valence-electron chi connectivity index (χ3n) is 23.3. The maximum atomic E-state index is 15.3. The molecule has 3 fully saturated rings. The number of benzene rings is 9. The Morgan fingerprint density at radius 3 is 1.02 bits per heavy atom. The Morgan fingerprint density at radius 1 is 0.381 bits per heavy atom. The van der Waals surface area contributed by atoms with Gasteiger partial charge in [0.1, 0.15) is 11.6 Å². The Kier molecular flexibility index (Phi) is 28.0. The number of nitrogens with zero attached hydrogens (tertiary/aromatic N) is 12. The Hall–Kier alpha value is -12.0. The van der Waals surface area contributed by atoms with Crippen LogP contribution in [0.4, 0.5) is 42.9 Å². The lowest BCUT2D eigenvalue weighted by molar-refractivity contribution is -0.127. The van der Waals surface area contributed by atoms with Gasteiger partial charge < -0.3 is 29.4 Å². The molecular weight excluding hydrogens is 1740 g/mol. The predicted octanol–water partition coefficient (Wildman–Crippen LogP) is 24.5. The number of aromatic nitrogens is 3. The number of carbonyl (C=O) groups excluding carboxylic acids is 3. The lowest BCUT2D eigenvalue weighted by atomic mass is 9.98. The SMILES string of the molecule is [C-]#[N+]c1c(N2CCN(C(=O)C=C)C[C@@H]2C)c2cc(Cl)c(-c3cc(Cl)ccc3F)cc2n(-c2ccccc2C(C)C)c1=O.[C-]#[N+]c1c(N2CCN(C(=O)C=C)C[C@@H]2C)c2cc(Cl)c(-c3ccc(Cl)cc3Cl)cc2n(-c2ccccc2C(C)C)c1=O.[C-]#[N+]c1c(N2CCN(C(=O)C=C)C[C@@H]2C)c2cc(Cl)c(-c3cccc(Cl)c3F)cc2n(-c2ccccc2C(C)C)c1=O. The third-order valence-corrected chi connectivity index (χ3v) is 25.3. The molecule has 0 unspecified atom stereocenters. The summed E-state index contributed by atoms with van der Waals surface area (Å²) in [5.41, 5.74) is 8.68. The lowest BCUT2D eigenvalue weighted by Gasteiger charge is -2.42. The van der Waals surface area contributed by atoms with Crippen LogP contribution < -0.4 is 31.4 Å².